The summed E-state index contributed by atoms with van der Waals surface area (Å²) in [5.41, 5.74) is 5.02. The number of rotatable bonds is 11. The van der Waals surface area contributed by atoms with Crippen LogP contribution in [0.15, 0.2) is 52.1 Å². The Hall–Kier alpha value is -1.89. The summed E-state index contributed by atoms with van der Waals surface area (Å²) in [7, 11) is 2.04. The molecule has 3 atom stereocenters. The summed E-state index contributed by atoms with van der Waals surface area (Å²) in [5, 5.41) is 6.96. The van der Waals surface area contributed by atoms with E-state index in [1.54, 1.807) is 11.1 Å². The van der Waals surface area contributed by atoms with Crippen LogP contribution in [0.25, 0.3) is 0 Å². The minimum Gasteiger partial charge on any atom is -0.317 e. The molecular weight excluding hydrogens is 474 g/mol. The second kappa shape index (κ2) is 25.1. The highest BCUT2D eigenvalue weighted by atomic mass is 15.0. The van der Waals surface area contributed by atoms with Crippen molar-refractivity contribution in [3.63, 3.8) is 0 Å². The molecule has 3 heteroatoms. The summed E-state index contributed by atoms with van der Waals surface area (Å²) in [6.07, 6.45) is 33.8. The minimum absolute atomic E-state index is 0.203. The monoisotopic (exact) mass is 540 g/mol. The van der Waals surface area contributed by atoms with Gasteiger partial charge in [0.2, 0.25) is 0 Å². The van der Waals surface area contributed by atoms with Gasteiger partial charge in [-0.05, 0) is 125 Å². The molecule has 0 aliphatic heterocycles. The summed E-state index contributed by atoms with van der Waals surface area (Å²) >= 11 is 0. The highest BCUT2D eigenvalue weighted by Crippen LogP contribution is 2.35. The van der Waals surface area contributed by atoms with E-state index in [0.717, 1.165) is 25.3 Å². The molecule has 39 heavy (non-hydrogen) atoms. The van der Waals surface area contributed by atoms with Gasteiger partial charge in [-0.15, -0.1) is 12.8 Å². The maximum absolute atomic E-state index is 4.07. The Balaban J connectivity index is 0. The maximum atomic E-state index is 4.07. The van der Waals surface area contributed by atoms with Gasteiger partial charge in [-0.1, -0.05) is 61.3 Å². The molecule has 0 aromatic carbocycles. The van der Waals surface area contributed by atoms with Crippen molar-refractivity contribution in [3.8, 4) is 12.8 Å². The van der Waals surface area contributed by atoms with Gasteiger partial charge in [-0.25, -0.2) is 0 Å². The fourth-order valence-electron chi connectivity index (χ4n) is 4.90. The van der Waals surface area contributed by atoms with E-state index >= 15 is 0 Å². The molecule has 2 aliphatic rings. The van der Waals surface area contributed by atoms with Gasteiger partial charge in [0, 0.05) is 30.4 Å². The standard InChI is InChI=1S/C16H34N2.C11H16.C7H13N.C2H2/c1-8-9-15(11-10-13(2)17-7)12-14(3)18-16(4,5)6;1-9-6-7-10-4-2-3-5-11(10)8-9;1-3-5-7-8-6-4-2;1-2/h9,13-14,17-18H,8,10-12H2,1-7H3;6,8,10H,2-5,7H2,1H3;3,5,7H,4,6H2,1-2H3;1-2H/b15-9-;;5-3+,8-7?;. The molecule has 3 unspecified atom stereocenters. The van der Waals surface area contributed by atoms with Crippen LogP contribution in [0.5, 0.6) is 0 Å². The van der Waals surface area contributed by atoms with Crippen LogP contribution in [-0.4, -0.2) is 37.4 Å². The van der Waals surface area contributed by atoms with Crippen LogP contribution in [0.1, 0.15) is 127 Å². The molecule has 0 heterocycles. The third-order valence-electron chi connectivity index (χ3n) is 6.80. The summed E-state index contributed by atoms with van der Waals surface area (Å²) in [4.78, 5) is 4.07. The molecular formula is C36H65N3. The highest BCUT2D eigenvalue weighted by molar-refractivity contribution is 5.70. The average Bonchev–Trinajstić information content (AvgIpc) is 2.90. The van der Waals surface area contributed by atoms with Crippen molar-refractivity contribution < 1.29 is 0 Å². The van der Waals surface area contributed by atoms with Crippen molar-refractivity contribution in [3.05, 3.63) is 47.1 Å². The van der Waals surface area contributed by atoms with Gasteiger partial charge in [-0.3, -0.25) is 4.99 Å². The van der Waals surface area contributed by atoms with E-state index in [1.807, 2.05) is 32.3 Å². The smallest absolute Gasteiger partial charge is 0.0386 e. The SMILES string of the molecule is C#C.C/C=C/C=NCCC.CC/C=C(/CCC(C)NC)CC(C)NC(C)(C)C.CC1=CCC2CCCCC2=C1. The predicted octanol–water partition coefficient (Wildman–Crippen LogP) is 9.62. The number of terminal acetylenes is 1. The Morgan fingerprint density at radius 2 is 1.85 bits per heavy atom. The molecule has 0 aromatic heterocycles. The third-order valence-corrected chi connectivity index (χ3v) is 6.80. The van der Waals surface area contributed by atoms with Crippen molar-refractivity contribution in [2.24, 2.45) is 10.9 Å². The molecule has 1 saturated carbocycles. The lowest BCUT2D eigenvalue weighted by molar-refractivity contribution is 0.368. The topological polar surface area (TPSA) is 36.4 Å². The van der Waals surface area contributed by atoms with Crippen LogP contribution in [0, 0.1) is 18.8 Å². The lowest BCUT2D eigenvalue weighted by Gasteiger charge is -2.27. The van der Waals surface area contributed by atoms with Crippen LogP contribution < -0.4 is 10.6 Å². The Bertz CT molecular complexity index is 758. The average molecular weight is 540 g/mol. The zero-order valence-electron chi connectivity index (χ0n) is 27.6. The fraction of sp³-hybridized carbons (Fsp3) is 0.694. The van der Waals surface area contributed by atoms with Gasteiger partial charge >= 0.3 is 0 Å². The van der Waals surface area contributed by atoms with Crippen LogP contribution >= 0.6 is 0 Å². The zero-order valence-corrected chi connectivity index (χ0v) is 27.6. The van der Waals surface area contributed by atoms with E-state index in [4.69, 9.17) is 0 Å². The molecule has 0 saturated heterocycles. The van der Waals surface area contributed by atoms with Crippen molar-refractivity contribution in [2.75, 3.05) is 13.6 Å². The van der Waals surface area contributed by atoms with Gasteiger partial charge in [0.1, 0.15) is 0 Å². The van der Waals surface area contributed by atoms with Crippen molar-refractivity contribution in [1.29, 1.82) is 0 Å². The largest absolute Gasteiger partial charge is 0.317 e. The molecule has 0 amide bonds. The molecule has 0 spiro atoms. The van der Waals surface area contributed by atoms with Crippen LogP contribution in [-0.2, 0) is 0 Å². The van der Waals surface area contributed by atoms with E-state index in [-0.39, 0.29) is 5.54 Å². The molecule has 3 nitrogen and oxygen atoms in total. The van der Waals surface area contributed by atoms with Gasteiger partial charge < -0.3 is 10.6 Å². The summed E-state index contributed by atoms with van der Waals surface area (Å²) < 4.78 is 0. The van der Waals surface area contributed by atoms with E-state index in [2.05, 4.69) is 102 Å². The minimum atomic E-state index is 0.203. The lowest BCUT2D eigenvalue weighted by Crippen LogP contribution is -2.42. The van der Waals surface area contributed by atoms with E-state index < -0.39 is 0 Å². The Morgan fingerprint density at radius 1 is 1.15 bits per heavy atom. The van der Waals surface area contributed by atoms with Gasteiger partial charge in [0.15, 0.2) is 0 Å². The van der Waals surface area contributed by atoms with Crippen LogP contribution in [0.4, 0.5) is 0 Å². The number of nitrogens with one attached hydrogen (secondary N) is 2. The molecule has 0 radical (unpaired) electrons. The molecule has 2 rings (SSSR count). The van der Waals surface area contributed by atoms with Crippen molar-refractivity contribution in [2.45, 2.75) is 144 Å². The van der Waals surface area contributed by atoms with E-state index in [0.29, 0.717) is 12.1 Å². The Morgan fingerprint density at radius 3 is 2.41 bits per heavy atom. The summed E-state index contributed by atoms with van der Waals surface area (Å²) in [6, 6.07) is 1.16. The zero-order chi connectivity index (χ0) is 30.1. The maximum Gasteiger partial charge on any atom is 0.0386 e. The molecule has 1 fully saturated rings. The lowest BCUT2D eigenvalue weighted by atomic mass is 9.79. The number of hydrogen-bond donors (Lipinski definition) is 2. The third kappa shape index (κ3) is 23.7. The first kappa shape index (κ1) is 39.3. The quantitative estimate of drug-likeness (QED) is 0.156. The first-order valence-corrected chi connectivity index (χ1v) is 15.5. The molecule has 2 N–H and O–H groups in total. The van der Waals surface area contributed by atoms with E-state index in [9.17, 15) is 0 Å². The van der Waals surface area contributed by atoms with Gasteiger partial charge in [0.05, 0.1) is 0 Å². The number of fused-ring (bicyclic) bond motifs is 1. The summed E-state index contributed by atoms with van der Waals surface area (Å²) in [5.74, 6) is 0.924. The molecule has 0 aromatic rings. The molecule has 224 valence electrons. The van der Waals surface area contributed by atoms with Crippen LogP contribution in [0.2, 0.25) is 0 Å². The number of nitrogens with zero attached hydrogens (tertiary/aromatic N) is 1. The first-order chi connectivity index (χ1) is 18.6. The molecule has 2 aliphatic carbocycles. The second-order valence-corrected chi connectivity index (χ2v) is 11.9. The molecule has 0 bridgehead atoms. The number of hydrogen-bond acceptors (Lipinski definition) is 3. The Kier molecular flexibility index (Phi) is 25.3. The highest BCUT2D eigenvalue weighted by Gasteiger charge is 2.19. The van der Waals surface area contributed by atoms with E-state index in [1.165, 1.54) is 56.9 Å². The van der Waals surface area contributed by atoms with Crippen molar-refractivity contribution in [1.82, 2.24) is 10.6 Å². The normalized spacial score (nSPS) is 18.8. The predicted molar refractivity (Wildman–Crippen MR) is 180 cm³/mol. The fourth-order valence-corrected chi connectivity index (χ4v) is 4.90. The first-order valence-electron chi connectivity index (χ1n) is 15.5. The van der Waals surface area contributed by atoms with Gasteiger partial charge in [0.25, 0.3) is 0 Å². The number of allylic oxidation sites excluding steroid dienone is 7. The number of aliphatic imine (C=N–C) groups is 1. The second-order valence-electron chi connectivity index (χ2n) is 11.9. The van der Waals surface area contributed by atoms with Gasteiger partial charge in [-0.2, -0.15) is 0 Å². The van der Waals surface area contributed by atoms with Crippen LogP contribution in [0.3, 0.4) is 0 Å². The van der Waals surface area contributed by atoms with Crippen molar-refractivity contribution >= 4 is 6.21 Å². The Labute approximate surface area is 245 Å². The summed E-state index contributed by atoms with van der Waals surface area (Å²) in [6.45, 7) is 20.7.